The van der Waals surface area contributed by atoms with E-state index in [2.05, 4.69) is 36.9 Å². The number of rotatable bonds is 5. The Balaban J connectivity index is 2.04. The maximum absolute atomic E-state index is 5.88. The maximum atomic E-state index is 5.88. The Labute approximate surface area is 116 Å². The van der Waals surface area contributed by atoms with Crippen LogP contribution in [-0.2, 0) is 11.2 Å². The normalized spacial score (nSPS) is 20.8. The van der Waals surface area contributed by atoms with E-state index >= 15 is 0 Å². The van der Waals surface area contributed by atoms with E-state index < -0.39 is 0 Å². The van der Waals surface area contributed by atoms with Crippen LogP contribution < -0.4 is 10.6 Å². The molecule has 0 radical (unpaired) electrons. The number of benzene rings is 1. The van der Waals surface area contributed by atoms with E-state index in [0.29, 0.717) is 5.92 Å². The Morgan fingerprint density at radius 2 is 2.26 bits per heavy atom. The zero-order valence-corrected chi connectivity index (χ0v) is 12.4. The monoisotopic (exact) mass is 262 g/mol. The number of nitrogens with zero attached hydrogens (tertiary/aromatic N) is 1. The first-order valence-electron chi connectivity index (χ1n) is 7.19. The van der Waals surface area contributed by atoms with Crippen LogP contribution in [0, 0.1) is 12.8 Å². The zero-order valence-electron chi connectivity index (χ0n) is 12.4. The highest BCUT2D eigenvalue weighted by molar-refractivity contribution is 5.51. The van der Waals surface area contributed by atoms with Gasteiger partial charge in [-0.05, 0) is 49.9 Å². The van der Waals surface area contributed by atoms with Crippen molar-refractivity contribution < 1.29 is 4.74 Å². The van der Waals surface area contributed by atoms with Gasteiger partial charge in [-0.3, -0.25) is 0 Å². The minimum atomic E-state index is 0.224. The van der Waals surface area contributed by atoms with Crippen LogP contribution in [0.2, 0.25) is 0 Å². The van der Waals surface area contributed by atoms with Gasteiger partial charge in [0.25, 0.3) is 0 Å². The van der Waals surface area contributed by atoms with E-state index in [9.17, 15) is 0 Å². The fraction of sp³-hybridized carbons (Fsp3) is 0.625. The Morgan fingerprint density at radius 1 is 1.47 bits per heavy atom. The highest BCUT2D eigenvalue weighted by Gasteiger charge is 2.22. The summed E-state index contributed by atoms with van der Waals surface area (Å²) in [5, 5.41) is 0. The van der Waals surface area contributed by atoms with Crippen molar-refractivity contribution in [1.29, 1.82) is 0 Å². The van der Waals surface area contributed by atoms with Crippen LogP contribution in [0.1, 0.15) is 24.5 Å². The number of aryl methyl sites for hydroxylation is 1. The smallest absolute Gasteiger partial charge is 0.0508 e. The van der Waals surface area contributed by atoms with Gasteiger partial charge in [-0.25, -0.2) is 0 Å². The van der Waals surface area contributed by atoms with E-state index in [-0.39, 0.29) is 6.04 Å². The molecule has 0 aromatic heterocycles. The molecule has 19 heavy (non-hydrogen) atoms. The lowest BCUT2D eigenvalue weighted by molar-refractivity contribution is 0.161. The molecular weight excluding hydrogens is 236 g/mol. The average Bonchev–Trinajstić information content (AvgIpc) is 2.80. The molecule has 0 amide bonds. The molecule has 1 aromatic carbocycles. The molecule has 3 nitrogen and oxygen atoms in total. The van der Waals surface area contributed by atoms with E-state index in [4.69, 9.17) is 10.5 Å². The molecule has 3 heteroatoms. The Bertz CT molecular complexity index is 417. The average molecular weight is 262 g/mol. The topological polar surface area (TPSA) is 38.5 Å². The first-order valence-corrected chi connectivity index (χ1v) is 7.19. The molecule has 2 atom stereocenters. The van der Waals surface area contributed by atoms with Gasteiger partial charge in [-0.1, -0.05) is 6.07 Å². The first kappa shape index (κ1) is 14.4. The van der Waals surface area contributed by atoms with Crippen LogP contribution in [0.15, 0.2) is 18.2 Å². The molecule has 1 fully saturated rings. The van der Waals surface area contributed by atoms with Gasteiger partial charge in [0.2, 0.25) is 0 Å². The van der Waals surface area contributed by atoms with Crippen molar-refractivity contribution in [1.82, 2.24) is 0 Å². The SMILES string of the molecule is COCC1CCN(c2ccc(CC(C)N)c(C)c2)C1. The molecule has 1 aliphatic rings. The number of hydrogen-bond donors (Lipinski definition) is 1. The maximum Gasteiger partial charge on any atom is 0.0508 e. The van der Waals surface area contributed by atoms with E-state index in [0.717, 1.165) is 26.1 Å². The number of anilines is 1. The van der Waals surface area contributed by atoms with Crippen LogP contribution in [0.25, 0.3) is 0 Å². The number of nitrogens with two attached hydrogens (primary N) is 1. The quantitative estimate of drug-likeness (QED) is 0.885. The molecule has 0 aliphatic carbocycles. The Kier molecular flexibility index (Phi) is 4.83. The molecular formula is C16H26N2O. The van der Waals surface area contributed by atoms with E-state index in [1.54, 1.807) is 7.11 Å². The van der Waals surface area contributed by atoms with E-state index in [1.807, 2.05) is 0 Å². The van der Waals surface area contributed by atoms with Crippen LogP contribution in [0.3, 0.4) is 0 Å². The van der Waals surface area contributed by atoms with Gasteiger partial charge >= 0.3 is 0 Å². The molecule has 2 N–H and O–H groups in total. The minimum absolute atomic E-state index is 0.224. The van der Waals surface area contributed by atoms with Gasteiger partial charge in [0.15, 0.2) is 0 Å². The van der Waals surface area contributed by atoms with Gasteiger partial charge in [0, 0.05) is 37.8 Å². The standard InChI is InChI=1S/C16H26N2O/c1-12-8-16(5-4-15(12)9-13(2)17)18-7-6-14(10-18)11-19-3/h4-5,8,13-14H,6-7,9-11,17H2,1-3H3. The van der Waals surface area contributed by atoms with E-state index in [1.165, 1.54) is 23.2 Å². The molecule has 2 rings (SSSR count). The summed E-state index contributed by atoms with van der Waals surface area (Å²) in [6.07, 6.45) is 2.19. The molecule has 2 unspecified atom stereocenters. The molecule has 1 saturated heterocycles. The third-order valence-corrected chi connectivity index (χ3v) is 3.92. The zero-order chi connectivity index (χ0) is 13.8. The summed E-state index contributed by atoms with van der Waals surface area (Å²) in [5.41, 5.74) is 9.94. The molecule has 1 aliphatic heterocycles. The van der Waals surface area contributed by atoms with Crippen molar-refractivity contribution in [2.45, 2.75) is 32.7 Å². The Hall–Kier alpha value is -1.06. The van der Waals surface area contributed by atoms with Gasteiger partial charge in [-0.2, -0.15) is 0 Å². The second-order valence-electron chi connectivity index (χ2n) is 5.85. The summed E-state index contributed by atoms with van der Waals surface area (Å²) in [4.78, 5) is 2.46. The second kappa shape index (κ2) is 6.40. The van der Waals surface area contributed by atoms with Crippen molar-refractivity contribution in [3.63, 3.8) is 0 Å². The van der Waals surface area contributed by atoms with Crippen molar-refractivity contribution in [2.75, 3.05) is 31.7 Å². The molecule has 106 valence electrons. The summed E-state index contributed by atoms with van der Waals surface area (Å²) in [6, 6.07) is 6.99. The van der Waals surface area contributed by atoms with Crippen molar-refractivity contribution in [2.24, 2.45) is 11.7 Å². The highest BCUT2D eigenvalue weighted by Crippen LogP contribution is 2.26. The largest absolute Gasteiger partial charge is 0.384 e. The van der Waals surface area contributed by atoms with Gasteiger partial charge in [0.05, 0.1) is 6.61 Å². The predicted molar refractivity (Wildman–Crippen MR) is 80.7 cm³/mol. The highest BCUT2D eigenvalue weighted by atomic mass is 16.5. The summed E-state index contributed by atoms with van der Waals surface area (Å²) < 4.78 is 5.26. The van der Waals surface area contributed by atoms with Crippen LogP contribution in [0.5, 0.6) is 0 Å². The van der Waals surface area contributed by atoms with Gasteiger partial charge in [-0.15, -0.1) is 0 Å². The van der Waals surface area contributed by atoms with Crippen molar-refractivity contribution in [3.8, 4) is 0 Å². The first-order chi connectivity index (χ1) is 9.10. The molecule has 0 bridgehead atoms. The fourth-order valence-electron chi connectivity index (χ4n) is 2.89. The third-order valence-electron chi connectivity index (χ3n) is 3.92. The lowest BCUT2D eigenvalue weighted by atomic mass is 10.0. The third kappa shape index (κ3) is 3.71. The summed E-state index contributed by atoms with van der Waals surface area (Å²) >= 11 is 0. The number of ether oxygens (including phenoxy) is 1. The minimum Gasteiger partial charge on any atom is -0.384 e. The lowest BCUT2D eigenvalue weighted by Crippen LogP contribution is -2.21. The van der Waals surface area contributed by atoms with Crippen LogP contribution >= 0.6 is 0 Å². The summed E-state index contributed by atoms with van der Waals surface area (Å²) in [5.74, 6) is 0.675. The molecule has 1 heterocycles. The number of methoxy groups -OCH3 is 1. The second-order valence-corrected chi connectivity index (χ2v) is 5.85. The fourth-order valence-corrected chi connectivity index (χ4v) is 2.89. The van der Waals surface area contributed by atoms with Crippen LogP contribution in [0.4, 0.5) is 5.69 Å². The summed E-state index contributed by atoms with van der Waals surface area (Å²) in [7, 11) is 1.79. The predicted octanol–water partition coefficient (Wildman–Crippen LogP) is 2.36. The van der Waals surface area contributed by atoms with Crippen molar-refractivity contribution in [3.05, 3.63) is 29.3 Å². The molecule has 0 spiro atoms. The van der Waals surface area contributed by atoms with Gasteiger partial charge < -0.3 is 15.4 Å². The van der Waals surface area contributed by atoms with Gasteiger partial charge in [0.1, 0.15) is 0 Å². The number of hydrogen-bond acceptors (Lipinski definition) is 3. The van der Waals surface area contributed by atoms with Crippen LogP contribution in [-0.4, -0.2) is 32.8 Å². The summed E-state index contributed by atoms with van der Waals surface area (Å²) in [6.45, 7) is 7.37. The Morgan fingerprint density at radius 3 is 2.89 bits per heavy atom. The lowest BCUT2D eigenvalue weighted by Gasteiger charge is -2.20. The van der Waals surface area contributed by atoms with Crippen molar-refractivity contribution >= 4 is 5.69 Å². The molecule has 0 saturated carbocycles. The molecule has 1 aromatic rings.